The number of nitrogens with zero attached hydrogens (tertiary/aromatic N) is 3. The van der Waals surface area contributed by atoms with Gasteiger partial charge in [-0.3, -0.25) is 4.98 Å². The topological polar surface area (TPSA) is 86.0 Å². The van der Waals surface area contributed by atoms with Crippen molar-refractivity contribution in [1.82, 2.24) is 15.0 Å². The quantitative estimate of drug-likeness (QED) is 0.785. The highest BCUT2D eigenvalue weighted by Crippen LogP contribution is 2.09. The maximum Gasteiger partial charge on any atom is 0.180 e. The molecule has 0 saturated heterocycles. The maximum absolute atomic E-state index is 5.83. The number of hydrogen-bond donors (Lipinski definition) is 2. The van der Waals surface area contributed by atoms with E-state index in [1.54, 1.807) is 19.5 Å². The van der Waals surface area contributed by atoms with Gasteiger partial charge in [-0.2, -0.15) is 0 Å². The highest BCUT2D eigenvalue weighted by molar-refractivity contribution is 5.71. The molecule has 0 aromatic carbocycles. The fraction of sp³-hybridized carbons (Fsp3) is 0.417. The number of methoxy groups -OCH3 is 1. The van der Waals surface area contributed by atoms with Gasteiger partial charge in [-0.25, -0.2) is 9.97 Å². The molecule has 0 radical (unpaired) electrons. The minimum Gasteiger partial charge on any atom is -0.383 e. The Bertz CT molecular complexity index is 505. The van der Waals surface area contributed by atoms with Gasteiger partial charge >= 0.3 is 0 Å². The van der Waals surface area contributed by atoms with E-state index in [4.69, 9.17) is 10.5 Å². The van der Waals surface area contributed by atoms with Crippen LogP contribution in [0.4, 0.5) is 5.82 Å². The third-order valence-corrected chi connectivity index (χ3v) is 2.53. The van der Waals surface area contributed by atoms with Crippen LogP contribution in [0.3, 0.4) is 0 Å². The summed E-state index contributed by atoms with van der Waals surface area (Å²) in [5, 5.41) is 3.21. The lowest BCUT2D eigenvalue weighted by atomic mass is 10.2. The number of ether oxygens (including phenoxy) is 1. The molecule has 0 amide bonds. The number of nitrogens with two attached hydrogens (primary N) is 1. The van der Waals surface area contributed by atoms with Crippen molar-refractivity contribution in [3.8, 4) is 0 Å². The number of nitrogens with one attached hydrogen (secondary N) is 1. The molecule has 0 aliphatic rings. The molecule has 2 aromatic heterocycles. The van der Waals surface area contributed by atoms with E-state index in [0.717, 1.165) is 24.3 Å². The molecule has 18 heavy (non-hydrogen) atoms. The normalized spacial score (nSPS) is 12.6. The summed E-state index contributed by atoms with van der Waals surface area (Å²) in [6.07, 6.45) is 4.11. The summed E-state index contributed by atoms with van der Waals surface area (Å²) < 4.78 is 4.98. The van der Waals surface area contributed by atoms with Gasteiger partial charge in [0.25, 0.3) is 0 Å². The zero-order valence-corrected chi connectivity index (χ0v) is 10.3. The Kier molecular flexibility index (Phi) is 4.38. The lowest BCUT2D eigenvalue weighted by Gasteiger charge is -2.11. The third kappa shape index (κ3) is 3.35. The molecular weight excluding hydrogens is 230 g/mol. The van der Waals surface area contributed by atoms with Crippen LogP contribution in [-0.2, 0) is 4.74 Å². The smallest absolute Gasteiger partial charge is 0.180 e. The van der Waals surface area contributed by atoms with Gasteiger partial charge in [-0.05, 0) is 18.6 Å². The zero-order chi connectivity index (χ0) is 12.8. The Morgan fingerprint density at radius 3 is 3.00 bits per heavy atom. The fourth-order valence-electron chi connectivity index (χ4n) is 1.64. The zero-order valence-electron chi connectivity index (χ0n) is 10.3. The first-order chi connectivity index (χ1) is 8.79. The first kappa shape index (κ1) is 12.7. The van der Waals surface area contributed by atoms with Crippen molar-refractivity contribution in [3.63, 3.8) is 0 Å². The fourth-order valence-corrected chi connectivity index (χ4v) is 1.64. The van der Waals surface area contributed by atoms with E-state index in [0.29, 0.717) is 12.3 Å². The predicted molar refractivity (Wildman–Crippen MR) is 70.3 cm³/mol. The SMILES string of the molecule is COCC(N)CCNc1ccc2nccnc2n1. The largest absolute Gasteiger partial charge is 0.383 e. The molecule has 2 rings (SSSR count). The van der Waals surface area contributed by atoms with Crippen LogP contribution in [0.5, 0.6) is 0 Å². The third-order valence-electron chi connectivity index (χ3n) is 2.53. The van der Waals surface area contributed by atoms with Gasteiger partial charge in [0.15, 0.2) is 5.65 Å². The Balaban J connectivity index is 1.91. The molecule has 0 saturated carbocycles. The molecule has 2 aromatic rings. The molecule has 0 aliphatic carbocycles. The van der Waals surface area contributed by atoms with Crippen LogP contribution in [0.1, 0.15) is 6.42 Å². The number of anilines is 1. The van der Waals surface area contributed by atoms with E-state index in [2.05, 4.69) is 20.3 Å². The molecule has 1 atom stereocenters. The number of pyridine rings is 1. The first-order valence-corrected chi connectivity index (χ1v) is 5.86. The van der Waals surface area contributed by atoms with Gasteiger partial charge < -0.3 is 15.8 Å². The molecule has 0 fully saturated rings. The Morgan fingerprint density at radius 2 is 2.17 bits per heavy atom. The van der Waals surface area contributed by atoms with Gasteiger partial charge in [-0.15, -0.1) is 0 Å². The standard InChI is InChI=1S/C12H17N5O/c1-18-8-9(13)4-5-15-11-3-2-10-12(17-11)16-7-6-14-10/h2-3,6-7,9H,4-5,8,13H2,1H3,(H,15,16,17). The molecular formula is C12H17N5O. The van der Waals surface area contributed by atoms with Crippen molar-refractivity contribution < 1.29 is 4.74 Å². The number of rotatable bonds is 6. The van der Waals surface area contributed by atoms with Gasteiger partial charge in [-0.1, -0.05) is 0 Å². The van der Waals surface area contributed by atoms with Gasteiger partial charge in [0, 0.05) is 32.1 Å². The average molecular weight is 247 g/mol. The lowest BCUT2D eigenvalue weighted by molar-refractivity contribution is 0.178. The lowest BCUT2D eigenvalue weighted by Crippen LogP contribution is -2.28. The highest BCUT2D eigenvalue weighted by atomic mass is 16.5. The molecule has 6 heteroatoms. The first-order valence-electron chi connectivity index (χ1n) is 5.86. The molecule has 0 aliphatic heterocycles. The molecule has 96 valence electrons. The van der Waals surface area contributed by atoms with Crippen LogP contribution in [0.25, 0.3) is 11.2 Å². The molecule has 0 spiro atoms. The number of hydrogen-bond acceptors (Lipinski definition) is 6. The van der Waals surface area contributed by atoms with Crippen LogP contribution < -0.4 is 11.1 Å². The van der Waals surface area contributed by atoms with Gasteiger partial charge in [0.05, 0.1) is 6.61 Å². The Morgan fingerprint density at radius 1 is 1.33 bits per heavy atom. The van der Waals surface area contributed by atoms with E-state index < -0.39 is 0 Å². The van der Waals surface area contributed by atoms with E-state index in [1.807, 2.05) is 12.1 Å². The van der Waals surface area contributed by atoms with Crippen molar-refractivity contribution in [2.45, 2.75) is 12.5 Å². The van der Waals surface area contributed by atoms with E-state index in [9.17, 15) is 0 Å². The molecule has 0 bridgehead atoms. The number of fused-ring (bicyclic) bond motifs is 1. The average Bonchev–Trinajstić information content (AvgIpc) is 2.39. The second kappa shape index (κ2) is 6.23. The minimum absolute atomic E-state index is 0.0442. The van der Waals surface area contributed by atoms with Crippen LogP contribution >= 0.6 is 0 Å². The monoisotopic (exact) mass is 247 g/mol. The highest BCUT2D eigenvalue weighted by Gasteiger charge is 2.02. The molecule has 3 N–H and O–H groups in total. The van der Waals surface area contributed by atoms with Crippen molar-refractivity contribution in [2.75, 3.05) is 25.6 Å². The van der Waals surface area contributed by atoms with Crippen LogP contribution in [-0.4, -0.2) is 41.3 Å². The van der Waals surface area contributed by atoms with Crippen LogP contribution in [0.2, 0.25) is 0 Å². The van der Waals surface area contributed by atoms with E-state index in [1.165, 1.54) is 0 Å². The summed E-state index contributed by atoms with van der Waals surface area (Å²) in [5.41, 5.74) is 7.26. The van der Waals surface area contributed by atoms with E-state index in [-0.39, 0.29) is 6.04 Å². The van der Waals surface area contributed by atoms with Crippen molar-refractivity contribution >= 4 is 17.0 Å². The second-order valence-electron chi connectivity index (χ2n) is 4.03. The van der Waals surface area contributed by atoms with Crippen molar-refractivity contribution in [3.05, 3.63) is 24.5 Å². The summed E-state index contributed by atoms with van der Waals surface area (Å²) >= 11 is 0. The van der Waals surface area contributed by atoms with Crippen LogP contribution in [0.15, 0.2) is 24.5 Å². The van der Waals surface area contributed by atoms with E-state index >= 15 is 0 Å². The minimum atomic E-state index is 0.0442. The Labute approximate surface area is 106 Å². The van der Waals surface area contributed by atoms with Crippen LogP contribution in [0, 0.1) is 0 Å². The summed E-state index contributed by atoms with van der Waals surface area (Å²) in [6, 6.07) is 3.83. The molecule has 6 nitrogen and oxygen atoms in total. The molecule has 1 unspecified atom stereocenters. The summed E-state index contributed by atoms with van der Waals surface area (Å²) in [6.45, 7) is 1.32. The van der Waals surface area contributed by atoms with Gasteiger partial charge in [0.1, 0.15) is 11.3 Å². The number of aromatic nitrogens is 3. The van der Waals surface area contributed by atoms with Crippen molar-refractivity contribution in [1.29, 1.82) is 0 Å². The summed E-state index contributed by atoms with van der Waals surface area (Å²) in [4.78, 5) is 12.7. The van der Waals surface area contributed by atoms with Crippen molar-refractivity contribution in [2.24, 2.45) is 5.73 Å². The Hall–Kier alpha value is -1.79. The predicted octanol–water partition coefficient (Wildman–Crippen LogP) is 0.800. The summed E-state index contributed by atoms with van der Waals surface area (Å²) in [5.74, 6) is 0.785. The van der Waals surface area contributed by atoms with Gasteiger partial charge in [0.2, 0.25) is 0 Å². The molecule has 2 heterocycles. The summed E-state index contributed by atoms with van der Waals surface area (Å²) in [7, 11) is 1.65. The second-order valence-corrected chi connectivity index (χ2v) is 4.03. The maximum atomic E-state index is 5.83.